The van der Waals surface area contributed by atoms with E-state index in [2.05, 4.69) is 120 Å². The van der Waals surface area contributed by atoms with Crippen LogP contribution in [0.25, 0.3) is 44.2 Å². The number of benzene rings is 4. The predicted molar refractivity (Wildman–Crippen MR) is 279 cm³/mol. The molecule has 2 N–H and O–H groups in total. The third-order valence-electron chi connectivity index (χ3n) is 16.3. The van der Waals surface area contributed by atoms with Gasteiger partial charge >= 0.3 is 6.18 Å². The van der Waals surface area contributed by atoms with E-state index in [1.807, 2.05) is 18.3 Å². The molecule has 2 aliphatic heterocycles. The van der Waals surface area contributed by atoms with Crippen molar-refractivity contribution in [2.45, 2.75) is 121 Å². The molecule has 2 saturated heterocycles. The average Bonchev–Trinajstić information content (AvgIpc) is 4.02. The Kier molecular flexibility index (Phi) is 14.2. The Morgan fingerprint density at radius 3 is 2.03 bits per heavy atom. The van der Waals surface area contributed by atoms with E-state index in [0.717, 1.165) is 112 Å². The van der Waals surface area contributed by atoms with Crippen molar-refractivity contribution in [3.63, 3.8) is 0 Å². The van der Waals surface area contributed by atoms with Gasteiger partial charge in [-0.3, -0.25) is 14.4 Å². The third kappa shape index (κ3) is 11.4. The Morgan fingerprint density at radius 1 is 0.708 bits per heavy atom. The van der Waals surface area contributed by atoms with Crippen LogP contribution in [0.15, 0.2) is 110 Å². The Bertz CT molecular complexity index is 2940. The van der Waals surface area contributed by atoms with E-state index in [4.69, 9.17) is 4.98 Å². The number of aliphatic hydroxyl groups excluding tert-OH is 1. The molecule has 4 fully saturated rings. The van der Waals surface area contributed by atoms with Crippen molar-refractivity contribution in [3.05, 3.63) is 132 Å². The monoisotopic (exact) mass is 977 g/mol. The van der Waals surface area contributed by atoms with Gasteiger partial charge in [-0.2, -0.15) is 23.3 Å². The van der Waals surface area contributed by atoms with Gasteiger partial charge in [0.15, 0.2) is 0 Å². The lowest BCUT2D eigenvalue weighted by atomic mass is 9.78. The van der Waals surface area contributed by atoms with Gasteiger partial charge in [-0.25, -0.2) is 4.98 Å². The largest absolute Gasteiger partial charge is 0.393 e. The lowest BCUT2D eigenvalue weighted by molar-refractivity contribution is -0.131. The minimum atomic E-state index is -4.26. The maximum atomic E-state index is 13.6. The molecule has 0 spiro atoms. The number of amides is 1. The zero-order valence-corrected chi connectivity index (χ0v) is 41.2. The maximum Gasteiger partial charge on any atom is 0.390 e. The number of piperidine rings is 2. The Labute approximate surface area is 420 Å². The van der Waals surface area contributed by atoms with E-state index in [9.17, 15) is 23.1 Å². The van der Waals surface area contributed by atoms with E-state index in [1.165, 1.54) is 64.4 Å². The SMILES string of the molecule is O=C(c1ccc(CCCc2ccc(-c3ccc4c(cnn4CC4CC4)c3)cc2)cc1)N1CCC(C2CCN(Cc3ccc(-c4cn(C5CCC(O)CC5)c5nc(NCCC(F)(F)F)ncc45)cc3)CC2)CC1. The van der Waals surface area contributed by atoms with Gasteiger partial charge in [0.05, 0.1) is 24.2 Å². The number of halogens is 3. The first-order valence-corrected chi connectivity index (χ1v) is 26.7. The highest BCUT2D eigenvalue weighted by Gasteiger charge is 2.32. The predicted octanol–water partition coefficient (Wildman–Crippen LogP) is 12.3. The molecule has 0 radical (unpaired) electrons. The van der Waals surface area contributed by atoms with E-state index >= 15 is 0 Å². The van der Waals surface area contributed by atoms with Crippen molar-refractivity contribution >= 4 is 33.8 Å². The van der Waals surface area contributed by atoms with E-state index in [0.29, 0.717) is 30.3 Å². The number of carbonyl (C=O) groups excluding carboxylic acids is 1. The van der Waals surface area contributed by atoms with Crippen LogP contribution in [-0.2, 0) is 25.9 Å². The highest BCUT2D eigenvalue weighted by atomic mass is 19.4. The minimum Gasteiger partial charge on any atom is -0.393 e. The average molecular weight is 977 g/mol. The number of hydrogen-bond donors (Lipinski definition) is 2. The summed E-state index contributed by atoms with van der Waals surface area (Å²) in [4.78, 5) is 27.4. The summed E-state index contributed by atoms with van der Waals surface area (Å²) in [6.45, 7) is 5.41. The van der Waals surface area contributed by atoms with Crippen LogP contribution < -0.4 is 5.32 Å². The molecule has 5 heterocycles. The number of carbonyl (C=O) groups is 1. The topological polar surface area (TPSA) is 104 Å². The molecule has 4 aromatic carbocycles. The number of nitrogens with one attached hydrogen (secondary N) is 1. The van der Waals surface area contributed by atoms with Crippen molar-refractivity contribution in [2.24, 2.45) is 17.8 Å². The highest BCUT2D eigenvalue weighted by Crippen LogP contribution is 2.38. The van der Waals surface area contributed by atoms with Crippen molar-refractivity contribution in [2.75, 3.05) is 38.0 Å². The van der Waals surface area contributed by atoms with Crippen molar-refractivity contribution in [1.82, 2.24) is 34.1 Å². The molecule has 72 heavy (non-hydrogen) atoms. The Balaban J connectivity index is 0.618. The van der Waals surface area contributed by atoms with Crippen LogP contribution in [0.4, 0.5) is 19.1 Å². The minimum absolute atomic E-state index is 0.141. The van der Waals surface area contributed by atoms with E-state index in [1.54, 1.807) is 6.20 Å². The number of aryl methyl sites for hydroxylation is 2. The smallest absolute Gasteiger partial charge is 0.390 e. The van der Waals surface area contributed by atoms with Gasteiger partial charge in [0.25, 0.3) is 5.91 Å². The second-order valence-electron chi connectivity index (χ2n) is 21.4. The number of rotatable bonds is 16. The number of hydrogen-bond acceptors (Lipinski definition) is 7. The van der Waals surface area contributed by atoms with E-state index < -0.39 is 12.6 Å². The molecule has 4 aliphatic rings. The summed E-state index contributed by atoms with van der Waals surface area (Å²) in [6.07, 6.45) is 13.5. The summed E-state index contributed by atoms with van der Waals surface area (Å²) in [6, 6.07) is 32.9. The Hall–Kier alpha value is -6.05. The Morgan fingerprint density at radius 2 is 1.35 bits per heavy atom. The van der Waals surface area contributed by atoms with Gasteiger partial charge < -0.3 is 19.9 Å². The molecule has 0 unspecified atom stereocenters. The molecule has 3 aromatic heterocycles. The van der Waals surface area contributed by atoms with Gasteiger partial charge in [0.1, 0.15) is 5.65 Å². The molecule has 2 aliphatic carbocycles. The van der Waals surface area contributed by atoms with Gasteiger partial charge in [-0.1, -0.05) is 66.7 Å². The van der Waals surface area contributed by atoms with Crippen LogP contribution >= 0.6 is 0 Å². The molecule has 11 rings (SSSR count). The third-order valence-corrected chi connectivity index (χ3v) is 16.3. The molecule has 7 aromatic rings. The lowest BCUT2D eigenvalue weighted by Gasteiger charge is -2.40. The van der Waals surface area contributed by atoms with Crippen molar-refractivity contribution in [1.29, 1.82) is 0 Å². The number of alkyl halides is 3. The summed E-state index contributed by atoms with van der Waals surface area (Å²) in [7, 11) is 0. The zero-order chi connectivity index (χ0) is 49.2. The summed E-state index contributed by atoms with van der Waals surface area (Å²) in [5.74, 6) is 2.48. The number of nitrogens with zero attached hydrogens (tertiary/aromatic N) is 7. The summed E-state index contributed by atoms with van der Waals surface area (Å²) >= 11 is 0. The number of likely N-dealkylation sites (tertiary alicyclic amines) is 2. The van der Waals surface area contributed by atoms with Gasteiger partial charge in [-0.15, -0.1) is 0 Å². The van der Waals surface area contributed by atoms with Gasteiger partial charge in [-0.05, 0) is 172 Å². The first-order valence-electron chi connectivity index (χ1n) is 26.7. The van der Waals surface area contributed by atoms with Crippen LogP contribution in [-0.4, -0.2) is 90.1 Å². The first kappa shape index (κ1) is 48.2. The normalized spacial score (nSPS) is 19.6. The molecule has 13 heteroatoms. The first-order chi connectivity index (χ1) is 35.0. The molecule has 376 valence electrons. The summed E-state index contributed by atoms with van der Waals surface area (Å²) < 4.78 is 42.9. The van der Waals surface area contributed by atoms with Crippen LogP contribution in [0.1, 0.15) is 110 Å². The van der Waals surface area contributed by atoms with Crippen LogP contribution in [0.5, 0.6) is 0 Å². The molecule has 0 atom stereocenters. The number of fused-ring (bicyclic) bond motifs is 2. The van der Waals surface area contributed by atoms with Gasteiger partial charge in [0, 0.05) is 73.1 Å². The standard InChI is InChI=1S/C59H67F3N8O2/c60-59(61,62)28-29-63-58-64-36-53-54(39-69(56(53)66-58)51-19-21-52(71)22-20-51)47-14-10-42(11-15-47)37-67-30-24-45(25-31-67)46-26-32-68(33-27-46)57(72)48-16-8-41(9-17-48)3-1-2-40-6-12-44(13-7-40)49-18-23-55-50(34-49)35-65-70(55)38-43-4-5-43/h6-18,23,34-36,39,43,45-46,51-52,71H,1-5,19-22,24-33,37-38H2,(H,63,64,66). The second-order valence-corrected chi connectivity index (χ2v) is 21.4. The number of aliphatic hydroxyl groups is 1. The highest BCUT2D eigenvalue weighted by molar-refractivity contribution is 5.95. The van der Waals surface area contributed by atoms with Crippen LogP contribution in [0.3, 0.4) is 0 Å². The van der Waals surface area contributed by atoms with Crippen LogP contribution in [0.2, 0.25) is 0 Å². The van der Waals surface area contributed by atoms with Crippen molar-refractivity contribution in [3.8, 4) is 22.3 Å². The summed E-state index contributed by atoms with van der Waals surface area (Å²) in [5.41, 5.74) is 11.1. The number of aromatic nitrogens is 5. The lowest BCUT2D eigenvalue weighted by Crippen LogP contribution is -2.42. The fraction of sp³-hybridized carbons (Fsp3) is 0.458. The van der Waals surface area contributed by atoms with Crippen molar-refractivity contribution < 1.29 is 23.1 Å². The zero-order valence-electron chi connectivity index (χ0n) is 41.2. The second kappa shape index (κ2) is 21.2. The van der Waals surface area contributed by atoms with Gasteiger partial charge in [0.2, 0.25) is 5.95 Å². The molecule has 1 amide bonds. The molecular formula is C59H67F3N8O2. The fourth-order valence-corrected chi connectivity index (χ4v) is 11.8. The molecule has 0 bridgehead atoms. The molecular weight excluding hydrogens is 910 g/mol. The molecule has 10 nitrogen and oxygen atoms in total. The van der Waals surface area contributed by atoms with E-state index in [-0.39, 0.29) is 30.5 Å². The molecule has 2 saturated carbocycles. The fourth-order valence-electron chi connectivity index (χ4n) is 11.8. The number of anilines is 1. The summed E-state index contributed by atoms with van der Waals surface area (Å²) in [5, 5.41) is 19.7. The quantitative estimate of drug-likeness (QED) is 0.0994. The maximum absolute atomic E-state index is 13.6. The van der Waals surface area contributed by atoms with Crippen LogP contribution in [0, 0.1) is 17.8 Å².